The van der Waals surface area contributed by atoms with Gasteiger partial charge >= 0.3 is 0 Å². The van der Waals surface area contributed by atoms with Crippen molar-refractivity contribution in [3.05, 3.63) is 51.7 Å². The van der Waals surface area contributed by atoms with Crippen molar-refractivity contribution < 1.29 is 4.79 Å². The van der Waals surface area contributed by atoms with E-state index in [4.69, 9.17) is 0 Å². The molecule has 3 heteroatoms. The van der Waals surface area contributed by atoms with Crippen molar-refractivity contribution in [2.75, 3.05) is 11.4 Å². The average molecular weight is 271 g/mol. The van der Waals surface area contributed by atoms with Crippen molar-refractivity contribution >= 4 is 22.8 Å². The third-order valence-electron chi connectivity index (χ3n) is 3.88. The number of fused-ring (bicyclic) bond motifs is 1. The van der Waals surface area contributed by atoms with E-state index in [-0.39, 0.29) is 5.78 Å². The Morgan fingerprint density at radius 1 is 1.26 bits per heavy atom. The molecule has 2 heterocycles. The van der Waals surface area contributed by atoms with Gasteiger partial charge in [0, 0.05) is 22.7 Å². The Morgan fingerprint density at radius 3 is 2.68 bits per heavy atom. The summed E-state index contributed by atoms with van der Waals surface area (Å²) < 4.78 is 0. The summed E-state index contributed by atoms with van der Waals surface area (Å²) in [6, 6.07) is 10.6. The second kappa shape index (κ2) is 4.82. The van der Waals surface area contributed by atoms with Crippen molar-refractivity contribution in [2.24, 2.45) is 0 Å². The molecule has 1 atom stereocenters. The first-order valence-corrected chi connectivity index (χ1v) is 7.48. The second-order valence-corrected chi connectivity index (χ2v) is 6.02. The molecule has 0 radical (unpaired) electrons. The number of hydrogen-bond donors (Lipinski definition) is 0. The predicted molar refractivity (Wildman–Crippen MR) is 80.2 cm³/mol. The number of carbonyl (C=O) groups is 1. The van der Waals surface area contributed by atoms with Crippen LogP contribution in [0.1, 0.15) is 40.7 Å². The normalized spacial score (nSPS) is 18.2. The summed E-state index contributed by atoms with van der Waals surface area (Å²) in [6.45, 7) is 4.91. The average Bonchev–Trinajstić information content (AvgIpc) is 2.88. The standard InChI is InChI=1S/C16H17NOS/c1-11-15-8-10-19-16(15)7-9-17(11)14-5-3-13(4-6-14)12(2)18/h3-6,8,10-11H,7,9H2,1-2H3. The highest BCUT2D eigenvalue weighted by molar-refractivity contribution is 7.10. The molecule has 1 aliphatic heterocycles. The number of nitrogens with zero attached hydrogens (tertiary/aromatic N) is 1. The van der Waals surface area contributed by atoms with Crippen LogP contribution in [0.15, 0.2) is 35.7 Å². The van der Waals surface area contributed by atoms with Crippen molar-refractivity contribution in [1.82, 2.24) is 0 Å². The van der Waals surface area contributed by atoms with Crippen molar-refractivity contribution in [2.45, 2.75) is 26.3 Å². The summed E-state index contributed by atoms with van der Waals surface area (Å²) in [7, 11) is 0. The molecular formula is C16H17NOS. The summed E-state index contributed by atoms with van der Waals surface area (Å²) in [5, 5.41) is 2.18. The van der Waals surface area contributed by atoms with Crippen molar-refractivity contribution in [3.8, 4) is 0 Å². The van der Waals surface area contributed by atoms with Gasteiger partial charge in [-0.25, -0.2) is 0 Å². The molecule has 0 fully saturated rings. The molecule has 98 valence electrons. The molecule has 0 saturated heterocycles. The lowest BCUT2D eigenvalue weighted by Gasteiger charge is -2.35. The Balaban J connectivity index is 1.89. The number of ketones is 1. The zero-order valence-electron chi connectivity index (χ0n) is 11.2. The van der Waals surface area contributed by atoms with Crippen LogP contribution in [0.5, 0.6) is 0 Å². The van der Waals surface area contributed by atoms with E-state index < -0.39 is 0 Å². The van der Waals surface area contributed by atoms with Crippen molar-refractivity contribution in [1.29, 1.82) is 0 Å². The van der Waals surface area contributed by atoms with Crippen LogP contribution in [0.4, 0.5) is 5.69 Å². The molecule has 1 unspecified atom stereocenters. The van der Waals surface area contributed by atoms with E-state index in [1.807, 2.05) is 23.5 Å². The van der Waals surface area contributed by atoms with Gasteiger partial charge < -0.3 is 4.90 Å². The van der Waals surface area contributed by atoms with Crippen LogP contribution in [0.2, 0.25) is 0 Å². The van der Waals surface area contributed by atoms with Gasteiger partial charge in [0.05, 0.1) is 6.04 Å². The number of Topliss-reactive ketones (excluding diaryl/α,β-unsaturated/α-hetero) is 1. The third kappa shape index (κ3) is 2.19. The van der Waals surface area contributed by atoms with Crippen LogP contribution >= 0.6 is 11.3 Å². The minimum atomic E-state index is 0.123. The lowest BCUT2D eigenvalue weighted by atomic mass is 10.0. The van der Waals surface area contributed by atoms with Crippen molar-refractivity contribution in [3.63, 3.8) is 0 Å². The predicted octanol–water partition coefficient (Wildman–Crippen LogP) is 4.07. The Labute approximate surface area is 117 Å². The summed E-state index contributed by atoms with van der Waals surface area (Å²) in [6.07, 6.45) is 1.12. The number of hydrogen-bond acceptors (Lipinski definition) is 3. The van der Waals surface area contributed by atoms with Crippen LogP contribution in [-0.2, 0) is 6.42 Å². The Bertz CT molecular complexity index is 599. The zero-order valence-corrected chi connectivity index (χ0v) is 12.0. The lowest BCUT2D eigenvalue weighted by Crippen LogP contribution is -2.33. The van der Waals surface area contributed by atoms with Gasteiger partial charge in [-0.15, -0.1) is 11.3 Å². The molecule has 2 aromatic rings. The molecule has 1 aliphatic rings. The molecule has 0 spiro atoms. The largest absolute Gasteiger partial charge is 0.364 e. The number of benzene rings is 1. The van der Waals surface area contributed by atoms with Gasteiger partial charge in [-0.1, -0.05) is 0 Å². The van der Waals surface area contributed by atoms with Gasteiger partial charge in [0.1, 0.15) is 0 Å². The smallest absolute Gasteiger partial charge is 0.159 e. The molecule has 2 nitrogen and oxygen atoms in total. The minimum Gasteiger partial charge on any atom is -0.364 e. The SMILES string of the molecule is CC(=O)c1ccc(N2CCc3sccc3C2C)cc1. The number of anilines is 1. The first-order valence-electron chi connectivity index (χ1n) is 6.60. The second-order valence-electron chi connectivity index (χ2n) is 5.02. The minimum absolute atomic E-state index is 0.123. The highest BCUT2D eigenvalue weighted by Crippen LogP contribution is 2.35. The van der Waals surface area contributed by atoms with Crippen LogP contribution in [0.3, 0.4) is 0 Å². The van der Waals surface area contributed by atoms with Crippen LogP contribution in [-0.4, -0.2) is 12.3 Å². The molecule has 0 aliphatic carbocycles. The highest BCUT2D eigenvalue weighted by atomic mass is 32.1. The van der Waals surface area contributed by atoms with Gasteiger partial charge in [-0.05, 0) is 61.5 Å². The maximum absolute atomic E-state index is 11.3. The van der Waals surface area contributed by atoms with E-state index >= 15 is 0 Å². The maximum Gasteiger partial charge on any atom is 0.159 e. The molecule has 19 heavy (non-hydrogen) atoms. The first-order chi connectivity index (χ1) is 9.16. The fourth-order valence-corrected chi connectivity index (χ4v) is 3.71. The highest BCUT2D eigenvalue weighted by Gasteiger charge is 2.24. The van der Waals surface area contributed by atoms with E-state index in [0.29, 0.717) is 6.04 Å². The maximum atomic E-state index is 11.3. The van der Waals surface area contributed by atoms with E-state index in [2.05, 4.69) is 35.4 Å². The topological polar surface area (TPSA) is 20.3 Å². The fourth-order valence-electron chi connectivity index (χ4n) is 2.75. The lowest BCUT2D eigenvalue weighted by molar-refractivity contribution is 0.101. The molecule has 3 rings (SSSR count). The quantitative estimate of drug-likeness (QED) is 0.767. The third-order valence-corrected chi connectivity index (χ3v) is 4.88. The van der Waals surface area contributed by atoms with Crippen LogP contribution in [0.25, 0.3) is 0 Å². The molecule has 0 N–H and O–H groups in total. The monoisotopic (exact) mass is 271 g/mol. The number of carbonyl (C=O) groups excluding carboxylic acids is 1. The summed E-state index contributed by atoms with van der Waals surface area (Å²) >= 11 is 1.86. The molecule has 0 amide bonds. The van der Waals surface area contributed by atoms with Gasteiger partial charge in [-0.3, -0.25) is 4.79 Å². The summed E-state index contributed by atoms with van der Waals surface area (Å²) in [4.78, 5) is 15.2. The molecule has 1 aromatic heterocycles. The van der Waals surface area contributed by atoms with E-state index in [0.717, 1.165) is 18.5 Å². The van der Waals surface area contributed by atoms with E-state index in [9.17, 15) is 4.79 Å². The summed E-state index contributed by atoms with van der Waals surface area (Å²) in [5.41, 5.74) is 3.44. The zero-order chi connectivity index (χ0) is 13.4. The Kier molecular flexibility index (Phi) is 3.15. The van der Waals surface area contributed by atoms with Crippen LogP contribution < -0.4 is 4.90 Å². The van der Waals surface area contributed by atoms with Crippen LogP contribution in [0, 0.1) is 0 Å². The number of rotatable bonds is 2. The first kappa shape index (κ1) is 12.4. The Morgan fingerprint density at radius 2 is 2.00 bits per heavy atom. The Hall–Kier alpha value is -1.61. The van der Waals surface area contributed by atoms with E-state index in [1.165, 1.54) is 16.1 Å². The van der Waals surface area contributed by atoms with E-state index in [1.54, 1.807) is 6.92 Å². The molecule has 0 bridgehead atoms. The molecule has 0 saturated carbocycles. The fraction of sp³-hybridized carbons (Fsp3) is 0.312. The van der Waals surface area contributed by atoms with Gasteiger partial charge in [0.15, 0.2) is 5.78 Å². The van der Waals surface area contributed by atoms with Gasteiger partial charge in [-0.2, -0.15) is 0 Å². The van der Waals surface area contributed by atoms with Gasteiger partial charge in [0.2, 0.25) is 0 Å². The number of thiophene rings is 1. The molecule has 1 aromatic carbocycles. The molecular weight excluding hydrogens is 254 g/mol. The summed E-state index contributed by atoms with van der Waals surface area (Å²) in [5.74, 6) is 0.123. The van der Waals surface area contributed by atoms with Gasteiger partial charge in [0.25, 0.3) is 0 Å².